The minimum atomic E-state index is 0.475. The second-order valence-electron chi connectivity index (χ2n) is 6.48. The van der Waals surface area contributed by atoms with Gasteiger partial charge < -0.3 is 11.1 Å². The fourth-order valence-corrected chi connectivity index (χ4v) is 2.41. The summed E-state index contributed by atoms with van der Waals surface area (Å²) in [4.78, 5) is 11.1. The summed E-state index contributed by atoms with van der Waals surface area (Å²) >= 11 is 0. The maximum Gasteiger partial charge on any atom is 0.188 e. The second-order valence-corrected chi connectivity index (χ2v) is 6.48. The van der Waals surface area contributed by atoms with E-state index in [0.717, 1.165) is 25.2 Å². The molecule has 25 heavy (non-hydrogen) atoms. The molecule has 0 spiro atoms. The van der Waals surface area contributed by atoms with Crippen LogP contribution >= 0.6 is 0 Å². The molecule has 0 aliphatic carbocycles. The van der Waals surface area contributed by atoms with Crippen LogP contribution in [0.15, 0.2) is 53.7 Å². The van der Waals surface area contributed by atoms with Gasteiger partial charge in [0.2, 0.25) is 0 Å². The number of nitrogens with zero attached hydrogens (tertiary/aromatic N) is 3. The van der Waals surface area contributed by atoms with Gasteiger partial charge in [-0.1, -0.05) is 30.3 Å². The van der Waals surface area contributed by atoms with E-state index in [1.165, 1.54) is 11.1 Å². The molecule has 0 saturated heterocycles. The Morgan fingerprint density at radius 2 is 1.88 bits per heavy atom. The van der Waals surface area contributed by atoms with Crippen LogP contribution < -0.4 is 11.1 Å². The topological polar surface area (TPSA) is 66.5 Å². The van der Waals surface area contributed by atoms with Crippen molar-refractivity contribution in [3.05, 3.63) is 65.5 Å². The predicted molar refractivity (Wildman–Crippen MR) is 104 cm³/mol. The number of aromatic nitrogens is 1. The summed E-state index contributed by atoms with van der Waals surface area (Å²) in [6.07, 6.45) is 2.63. The third-order valence-electron chi connectivity index (χ3n) is 4.25. The van der Waals surface area contributed by atoms with Crippen molar-refractivity contribution in [1.82, 2.24) is 15.2 Å². The molecule has 0 bridgehead atoms. The molecule has 0 aliphatic heterocycles. The van der Waals surface area contributed by atoms with Crippen molar-refractivity contribution in [3.8, 4) is 0 Å². The number of hydrogen-bond acceptors (Lipinski definition) is 3. The van der Waals surface area contributed by atoms with Crippen LogP contribution in [0.3, 0.4) is 0 Å². The van der Waals surface area contributed by atoms with Crippen LogP contribution in [-0.2, 0) is 19.5 Å². The zero-order valence-corrected chi connectivity index (χ0v) is 15.4. The lowest BCUT2D eigenvalue weighted by molar-refractivity contribution is 0.265. The van der Waals surface area contributed by atoms with Gasteiger partial charge in [0.25, 0.3) is 0 Å². The average Bonchev–Trinajstić information content (AvgIpc) is 2.61. The molecule has 0 amide bonds. The number of pyridine rings is 1. The maximum absolute atomic E-state index is 5.99. The molecule has 1 heterocycles. The van der Waals surface area contributed by atoms with Gasteiger partial charge in [-0.15, -0.1) is 0 Å². The van der Waals surface area contributed by atoms with Crippen molar-refractivity contribution in [3.63, 3.8) is 0 Å². The summed E-state index contributed by atoms with van der Waals surface area (Å²) < 4.78 is 0. The van der Waals surface area contributed by atoms with Crippen molar-refractivity contribution < 1.29 is 0 Å². The molecule has 0 atom stereocenters. The summed E-state index contributed by atoms with van der Waals surface area (Å²) in [5.41, 5.74) is 9.55. The highest BCUT2D eigenvalue weighted by atomic mass is 15.1. The Morgan fingerprint density at radius 3 is 2.56 bits per heavy atom. The number of nitrogens with one attached hydrogen (secondary N) is 1. The number of rotatable bonds is 8. The van der Waals surface area contributed by atoms with E-state index in [1.807, 2.05) is 18.2 Å². The van der Waals surface area contributed by atoms with E-state index in [1.54, 1.807) is 6.20 Å². The second kappa shape index (κ2) is 9.79. The first kappa shape index (κ1) is 18.9. The average molecular weight is 339 g/mol. The summed E-state index contributed by atoms with van der Waals surface area (Å²) in [6, 6.07) is 14.8. The molecule has 5 heteroatoms. The summed E-state index contributed by atoms with van der Waals surface area (Å²) in [6.45, 7) is 6.62. The molecule has 5 nitrogen and oxygen atoms in total. The predicted octanol–water partition coefficient (Wildman–Crippen LogP) is 2.57. The molecular weight excluding hydrogens is 310 g/mol. The van der Waals surface area contributed by atoms with Crippen molar-refractivity contribution >= 4 is 5.96 Å². The Kier molecular flexibility index (Phi) is 7.41. The van der Waals surface area contributed by atoms with Crippen LogP contribution in [0.2, 0.25) is 0 Å². The van der Waals surface area contributed by atoms with Gasteiger partial charge in [0, 0.05) is 37.4 Å². The molecule has 0 fully saturated rings. The van der Waals surface area contributed by atoms with Gasteiger partial charge in [-0.3, -0.25) is 9.88 Å². The van der Waals surface area contributed by atoms with E-state index in [0.29, 0.717) is 18.5 Å². The third kappa shape index (κ3) is 6.55. The molecular formula is C20H29N5. The van der Waals surface area contributed by atoms with Crippen molar-refractivity contribution in [2.45, 2.75) is 39.4 Å². The van der Waals surface area contributed by atoms with Crippen LogP contribution in [0.25, 0.3) is 0 Å². The molecule has 2 aromatic rings. The Balaban J connectivity index is 1.87. The molecule has 0 saturated carbocycles. The minimum absolute atomic E-state index is 0.475. The highest BCUT2D eigenvalue weighted by Crippen LogP contribution is 2.13. The van der Waals surface area contributed by atoms with E-state index in [9.17, 15) is 0 Å². The number of aliphatic imine (C=N–C) groups is 1. The quantitative estimate of drug-likeness (QED) is 0.573. The lowest BCUT2D eigenvalue weighted by atomic mass is 10.1. The summed E-state index contributed by atoms with van der Waals surface area (Å²) in [5, 5.41) is 3.16. The fourth-order valence-electron chi connectivity index (χ4n) is 2.41. The first-order chi connectivity index (χ1) is 12.1. The van der Waals surface area contributed by atoms with Crippen LogP contribution in [0, 0.1) is 0 Å². The Hall–Kier alpha value is -2.40. The smallest absolute Gasteiger partial charge is 0.188 e. The number of guanidine groups is 1. The number of nitrogens with two attached hydrogens (primary N) is 1. The normalized spacial score (nSPS) is 12.0. The van der Waals surface area contributed by atoms with Gasteiger partial charge in [-0.2, -0.15) is 0 Å². The first-order valence-corrected chi connectivity index (χ1v) is 8.77. The monoisotopic (exact) mass is 339 g/mol. The van der Waals surface area contributed by atoms with Crippen molar-refractivity contribution in [2.24, 2.45) is 10.7 Å². The van der Waals surface area contributed by atoms with E-state index >= 15 is 0 Å². The van der Waals surface area contributed by atoms with Gasteiger partial charge >= 0.3 is 0 Å². The zero-order chi connectivity index (χ0) is 18.1. The van der Waals surface area contributed by atoms with Crippen LogP contribution in [0.1, 0.15) is 30.7 Å². The summed E-state index contributed by atoms with van der Waals surface area (Å²) in [5.74, 6) is 0.475. The first-order valence-electron chi connectivity index (χ1n) is 8.77. The number of hydrogen-bond donors (Lipinski definition) is 2. The van der Waals surface area contributed by atoms with E-state index in [-0.39, 0.29) is 0 Å². The number of benzene rings is 1. The van der Waals surface area contributed by atoms with Crippen LogP contribution in [0.5, 0.6) is 0 Å². The van der Waals surface area contributed by atoms with Gasteiger partial charge in [-0.25, -0.2) is 4.99 Å². The Morgan fingerprint density at radius 1 is 1.16 bits per heavy atom. The molecule has 1 aromatic carbocycles. The lowest BCUT2D eigenvalue weighted by Crippen LogP contribution is -2.33. The third-order valence-corrected chi connectivity index (χ3v) is 4.25. The summed E-state index contributed by atoms with van der Waals surface area (Å²) in [7, 11) is 2.14. The molecule has 0 unspecified atom stereocenters. The highest BCUT2D eigenvalue weighted by Gasteiger charge is 2.07. The Labute approximate surface area is 151 Å². The minimum Gasteiger partial charge on any atom is -0.370 e. The van der Waals surface area contributed by atoms with Crippen molar-refractivity contribution in [1.29, 1.82) is 0 Å². The van der Waals surface area contributed by atoms with Gasteiger partial charge in [0.1, 0.15) is 0 Å². The zero-order valence-electron chi connectivity index (χ0n) is 15.4. The molecule has 1 aromatic heterocycles. The van der Waals surface area contributed by atoms with Gasteiger partial charge in [0.15, 0.2) is 5.96 Å². The van der Waals surface area contributed by atoms with E-state index in [2.05, 4.69) is 65.4 Å². The van der Waals surface area contributed by atoms with E-state index in [4.69, 9.17) is 5.73 Å². The van der Waals surface area contributed by atoms with Crippen LogP contribution in [0.4, 0.5) is 0 Å². The standard InChI is InChI=1S/C20H29N5/c1-16(2)25(3)15-18-9-5-4-8-17(18)14-24-20(21)23-13-11-19-10-6-7-12-22-19/h4-10,12,16H,11,13-15H2,1-3H3,(H3,21,23,24). The molecule has 0 aliphatic rings. The van der Waals surface area contributed by atoms with Gasteiger partial charge in [0.05, 0.1) is 6.54 Å². The lowest BCUT2D eigenvalue weighted by Gasteiger charge is -2.22. The van der Waals surface area contributed by atoms with E-state index < -0.39 is 0 Å². The maximum atomic E-state index is 5.99. The molecule has 134 valence electrons. The molecule has 2 rings (SSSR count). The largest absolute Gasteiger partial charge is 0.370 e. The van der Waals surface area contributed by atoms with Crippen molar-refractivity contribution in [2.75, 3.05) is 13.6 Å². The highest BCUT2D eigenvalue weighted by molar-refractivity contribution is 5.77. The van der Waals surface area contributed by atoms with Gasteiger partial charge in [-0.05, 0) is 44.2 Å². The van der Waals surface area contributed by atoms with Crippen LogP contribution in [-0.4, -0.2) is 35.5 Å². The molecule has 3 N–H and O–H groups in total. The SMILES string of the molecule is CC(C)N(C)Cc1ccccc1CN=C(N)NCCc1ccccn1. The Bertz CT molecular complexity index is 667. The fraction of sp³-hybridized carbons (Fsp3) is 0.400. The molecule has 0 radical (unpaired) electrons.